The maximum absolute atomic E-state index is 12.0. The van der Waals surface area contributed by atoms with Crippen molar-refractivity contribution in [2.75, 3.05) is 0 Å². The highest BCUT2D eigenvalue weighted by atomic mass is 16.6. The van der Waals surface area contributed by atoms with E-state index in [-0.39, 0.29) is 11.3 Å². The number of rotatable bonds is 5. The number of hydrogen-bond donors (Lipinski definition) is 1. The Labute approximate surface area is 149 Å². The maximum atomic E-state index is 12.0. The van der Waals surface area contributed by atoms with Gasteiger partial charge < -0.3 is 4.42 Å². The van der Waals surface area contributed by atoms with Crippen molar-refractivity contribution < 1.29 is 14.1 Å². The predicted molar refractivity (Wildman–Crippen MR) is 97.0 cm³/mol. The quantitative estimate of drug-likeness (QED) is 0.429. The zero-order valence-corrected chi connectivity index (χ0v) is 13.9. The summed E-state index contributed by atoms with van der Waals surface area (Å²) < 4.78 is 5.66. The van der Waals surface area contributed by atoms with Gasteiger partial charge in [-0.15, -0.1) is 0 Å². The van der Waals surface area contributed by atoms with Crippen LogP contribution in [0.5, 0.6) is 0 Å². The van der Waals surface area contributed by atoms with E-state index in [0.717, 1.165) is 11.1 Å². The summed E-state index contributed by atoms with van der Waals surface area (Å²) in [7, 11) is 0. The van der Waals surface area contributed by atoms with Gasteiger partial charge in [0.15, 0.2) is 0 Å². The molecule has 0 unspecified atom stereocenters. The molecule has 3 rings (SSSR count). The first kappa shape index (κ1) is 17.1. The van der Waals surface area contributed by atoms with E-state index >= 15 is 0 Å². The first-order valence-corrected chi connectivity index (χ1v) is 7.78. The van der Waals surface area contributed by atoms with Crippen molar-refractivity contribution in [1.82, 2.24) is 5.43 Å². The zero-order chi connectivity index (χ0) is 18.5. The van der Waals surface area contributed by atoms with E-state index in [2.05, 4.69) is 10.5 Å². The van der Waals surface area contributed by atoms with Crippen LogP contribution in [0.15, 0.2) is 70.2 Å². The second-order valence-electron chi connectivity index (χ2n) is 5.57. The molecule has 0 bridgehead atoms. The number of non-ortho nitro benzene ring substituents is 1. The van der Waals surface area contributed by atoms with Crippen molar-refractivity contribution in [3.63, 3.8) is 0 Å². The van der Waals surface area contributed by atoms with E-state index in [1.54, 1.807) is 6.07 Å². The van der Waals surface area contributed by atoms with Crippen LogP contribution in [-0.2, 0) is 0 Å². The standard InChI is InChI=1S/C19H15N3O4/c1-13-5-7-14(8-6-13)18-10-9-17(26-18)12-20-21-19(23)15-3-2-4-16(11-15)22(24)25/h2-12H,1H3,(H,21,23). The van der Waals surface area contributed by atoms with Gasteiger partial charge >= 0.3 is 0 Å². The van der Waals surface area contributed by atoms with Crippen molar-refractivity contribution in [2.45, 2.75) is 6.92 Å². The van der Waals surface area contributed by atoms with Crippen molar-refractivity contribution in [1.29, 1.82) is 0 Å². The number of nitro benzene ring substituents is 1. The van der Waals surface area contributed by atoms with Crippen molar-refractivity contribution >= 4 is 17.8 Å². The Kier molecular flexibility index (Phi) is 4.89. The summed E-state index contributed by atoms with van der Waals surface area (Å²) >= 11 is 0. The van der Waals surface area contributed by atoms with Gasteiger partial charge in [-0.3, -0.25) is 14.9 Å². The molecule has 7 nitrogen and oxygen atoms in total. The van der Waals surface area contributed by atoms with Crippen LogP contribution in [0.4, 0.5) is 5.69 Å². The molecule has 0 radical (unpaired) electrons. The smallest absolute Gasteiger partial charge is 0.271 e. The summed E-state index contributed by atoms with van der Waals surface area (Å²) in [6.45, 7) is 2.01. The molecule has 0 aliphatic rings. The Hall–Kier alpha value is -3.74. The molecule has 0 atom stereocenters. The Bertz CT molecular complexity index is 974. The summed E-state index contributed by atoms with van der Waals surface area (Å²) in [6, 6.07) is 16.9. The number of hydrogen-bond acceptors (Lipinski definition) is 5. The Morgan fingerprint density at radius 2 is 1.92 bits per heavy atom. The Balaban J connectivity index is 1.65. The van der Waals surface area contributed by atoms with E-state index < -0.39 is 10.8 Å². The zero-order valence-electron chi connectivity index (χ0n) is 13.9. The molecule has 7 heteroatoms. The minimum absolute atomic E-state index is 0.149. The van der Waals surface area contributed by atoms with Crippen LogP contribution in [0.1, 0.15) is 21.7 Å². The molecule has 0 saturated heterocycles. The molecule has 0 spiro atoms. The average molecular weight is 349 g/mol. The number of nitrogens with zero attached hydrogens (tertiary/aromatic N) is 2. The lowest BCUT2D eigenvalue weighted by Gasteiger charge is -1.99. The molecule has 0 aliphatic carbocycles. The monoisotopic (exact) mass is 349 g/mol. The largest absolute Gasteiger partial charge is 0.455 e. The van der Waals surface area contributed by atoms with Crippen LogP contribution in [0, 0.1) is 17.0 Å². The van der Waals surface area contributed by atoms with Crippen molar-refractivity contribution in [3.8, 4) is 11.3 Å². The molecule has 130 valence electrons. The fourth-order valence-electron chi connectivity index (χ4n) is 2.27. The molecular weight excluding hydrogens is 334 g/mol. The molecule has 3 aromatic rings. The molecule has 0 aliphatic heterocycles. The lowest BCUT2D eigenvalue weighted by Crippen LogP contribution is -2.17. The second-order valence-corrected chi connectivity index (χ2v) is 5.57. The average Bonchev–Trinajstić information content (AvgIpc) is 3.11. The van der Waals surface area contributed by atoms with Gasteiger partial charge in [0.05, 0.1) is 11.1 Å². The number of carbonyl (C=O) groups excluding carboxylic acids is 1. The van der Waals surface area contributed by atoms with Gasteiger partial charge in [0.25, 0.3) is 11.6 Å². The molecule has 1 heterocycles. The summed E-state index contributed by atoms with van der Waals surface area (Å²) in [5.74, 6) is 0.617. The Morgan fingerprint density at radius 1 is 1.15 bits per heavy atom. The highest BCUT2D eigenvalue weighted by Crippen LogP contribution is 2.21. The molecule has 0 saturated carbocycles. The third-order valence-corrected chi connectivity index (χ3v) is 3.64. The van der Waals surface area contributed by atoms with Gasteiger partial charge in [-0.2, -0.15) is 5.10 Å². The van der Waals surface area contributed by atoms with Gasteiger partial charge in [0.1, 0.15) is 11.5 Å². The molecule has 1 N–H and O–H groups in total. The summed E-state index contributed by atoms with van der Waals surface area (Å²) in [6.07, 6.45) is 1.37. The molecule has 26 heavy (non-hydrogen) atoms. The van der Waals surface area contributed by atoms with Gasteiger partial charge in [0.2, 0.25) is 0 Å². The van der Waals surface area contributed by atoms with E-state index in [9.17, 15) is 14.9 Å². The molecule has 2 aromatic carbocycles. The highest BCUT2D eigenvalue weighted by molar-refractivity contribution is 5.95. The minimum Gasteiger partial charge on any atom is -0.455 e. The van der Waals surface area contributed by atoms with Crippen LogP contribution < -0.4 is 5.43 Å². The van der Waals surface area contributed by atoms with Crippen LogP contribution >= 0.6 is 0 Å². The Morgan fingerprint density at radius 3 is 2.65 bits per heavy atom. The van der Waals surface area contributed by atoms with Gasteiger partial charge in [-0.25, -0.2) is 5.43 Å². The third-order valence-electron chi connectivity index (χ3n) is 3.64. The van der Waals surface area contributed by atoms with Crippen LogP contribution in [0.2, 0.25) is 0 Å². The van der Waals surface area contributed by atoms with E-state index in [4.69, 9.17) is 4.42 Å². The number of aryl methyl sites for hydroxylation is 1. The maximum Gasteiger partial charge on any atom is 0.271 e. The number of carbonyl (C=O) groups is 1. The topological polar surface area (TPSA) is 97.7 Å². The first-order valence-electron chi connectivity index (χ1n) is 7.78. The second kappa shape index (κ2) is 7.43. The molecule has 1 amide bonds. The van der Waals surface area contributed by atoms with E-state index in [0.29, 0.717) is 11.5 Å². The highest BCUT2D eigenvalue weighted by Gasteiger charge is 2.10. The lowest BCUT2D eigenvalue weighted by atomic mass is 10.1. The summed E-state index contributed by atoms with van der Waals surface area (Å²) in [4.78, 5) is 22.2. The number of nitro groups is 1. The number of furan rings is 1. The normalized spacial score (nSPS) is 10.8. The summed E-state index contributed by atoms with van der Waals surface area (Å²) in [5.41, 5.74) is 4.41. The number of benzene rings is 2. The van der Waals surface area contributed by atoms with Crippen molar-refractivity contribution in [2.24, 2.45) is 5.10 Å². The van der Waals surface area contributed by atoms with Gasteiger partial charge in [-0.1, -0.05) is 35.9 Å². The van der Waals surface area contributed by atoms with Gasteiger partial charge in [0, 0.05) is 23.3 Å². The van der Waals surface area contributed by atoms with E-state index in [1.165, 1.54) is 30.5 Å². The fraction of sp³-hybridized carbons (Fsp3) is 0.0526. The predicted octanol–water partition coefficient (Wildman–Crippen LogP) is 3.93. The van der Waals surface area contributed by atoms with Crippen LogP contribution in [-0.4, -0.2) is 17.0 Å². The van der Waals surface area contributed by atoms with Crippen molar-refractivity contribution in [3.05, 3.63) is 87.7 Å². The SMILES string of the molecule is Cc1ccc(-c2ccc(C=NNC(=O)c3cccc([N+](=O)[O-])c3)o2)cc1. The summed E-state index contributed by atoms with van der Waals surface area (Å²) in [5, 5.41) is 14.6. The molecule has 1 aromatic heterocycles. The van der Waals surface area contributed by atoms with Gasteiger partial charge in [-0.05, 0) is 25.1 Å². The van der Waals surface area contributed by atoms with Crippen LogP contribution in [0.3, 0.4) is 0 Å². The number of amides is 1. The van der Waals surface area contributed by atoms with E-state index in [1.807, 2.05) is 37.3 Å². The first-order chi connectivity index (χ1) is 12.5. The number of nitrogens with one attached hydrogen (secondary N) is 1. The minimum atomic E-state index is -0.560. The lowest BCUT2D eigenvalue weighted by molar-refractivity contribution is -0.384. The fourth-order valence-corrected chi connectivity index (χ4v) is 2.27. The van der Waals surface area contributed by atoms with Crippen LogP contribution in [0.25, 0.3) is 11.3 Å². The molecule has 0 fully saturated rings. The number of hydrazone groups is 1. The third kappa shape index (κ3) is 4.02. The molecular formula is C19H15N3O4.